The molecule has 0 spiro atoms. The van der Waals surface area contributed by atoms with Gasteiger partial charge in [-0.2, -0.15) is 0 Å². The normalized spacial score (nSPS) is 27.0. The van der Waals surface area contributed by atoms with E-state index in [1.54, 1.807) is 13.0 Å². The van der Waals surface area contributed by atoms with Crippen molar-refractivity contribution in [3.05, 3.63) is 29.6 Å². The Morgan fingerprint density at radius 1 is 1.41 bits per heavy atom. The number of ether oxygens (including phenoxy) is 1. The van der Waals surface area contributed by atoms with Gasteiger partial charge < -0.3 is 9.84 Å². The van der Waals surface area contributed by atoms with Crippen LogP contribution >= 0.6 is 0 Å². The monoisotopic (exact) mass is 260 g/mol. The standard InChI is InChI=1S/C11H13FO4S/c1-7-2-3-8(12)4-10(7)16-11-6-17(14,15)5-9(11)13/h2-4,9,11,13H,5-6H2,1H3. The number of aryl methyl sites for hydroxylation is 1. The fourth-order valence-corrected chi connectivity index (χ4v) is 3.44. The summed E-state index contributed by atoms with van der Waals surface area (Å²) >= 11 is 0. The molecule has 17 heavy (non-hydrogen) atoms. The van der Waals surface area contributed by atoms with Crippen molar-refractivity contribution in [2.75, 3.05) is 11.5 Å². The van der Waals surface area contributed by atoms with Gasteiger partial charge in [0.15, 0.2) is 9.84 Å². The number of sulfone groups is 1. The first-order valence-corrected chi connectivity index (χ1v) is 7.01. The molecule has 0 aromatic heterocycles. The molecule has 1 aromatic rings. The van der Waals surface area contributed by atoms with E-state index in [0.717, 1.165) is 0 Å². The van der Waals surface area contributed by atoms with Crippen LogP contribution < -0.4 is 4.74 Å². The van der Waals surface area contributed by atoms with Crippen LogP contribution in [0.1, 0.15) is 5.56 Å². The minimum atomic E-state index is -3.26. The molecule has 0 radical (unpaired) electrons. The molecule has 1 heterocycles. The number of hydrogen-bond acceptors (Lipinski definition) is 4. The van der Waals surface area contributed by atoms with Gasteiger partial charge in [0.1, 0.15) is 23.8 Å². The molecule has 6 heteroatoms. The summed E-state index contributed by atoms with van der Waals surface area (Å²) in [5, 5.41) is 9.55. The third-order valence-corrected chi connectivity index (χ3v) is 4.39. The predicted molar refractivity (Wildman–Crippen MR) is 60.2 cm³/mol. The van der Waals surface area contributed by atoms with Crippen molar-refractivity contribution >= 4 is 9.84 Å². The molecule has 1 aromatic carbocycles. The molecule has 0 aliphatic carbocycles. The number of rotatable bonds is 2. The lowest BCUT2D eigenvalue weighted by Crippen LogP contribution is -2.30. The Morgan fingerprint density at radius 3 is 2.71 bits per heavy atom. The summed E-state index contributed by atoms with van der Waals surface area (Å²) in [6.07, 6.45) is -1.87. The molecule has 2 rings (SSSR count). The summed E-state index contributed by atoms with van der Waals surface area (Å²) in [7, 11) is -3.26. The minimum absolute atomic E-state index is 0.232. The number of aliphatic hydroxyl groups excluding tert-OH is 1. The molecule has 1 fully saturated rings. The van der Waals surface area contributed by atoms with Gasteiger partial charge >= 0.3 is 0 Å². The quantitative estimate of drug-likeness (QED) is 0.849. The zero-order valence-corrected chi connectivity index (χ0v) is 10.1. The predicted octanol–water partition coefficient (Wildman–Crippen LogP) is 0.671. The van der Waals surface area contributed by atoms with Crippen LogP contribution in [0, 0.1) is 12.7 Å². The van der Waals surface area contributed by atoms with Crippen molar-refractivity contribution in [1.29, 1.82) is 0 Å². The number of benzene rings is 1. The van der Waals surface area contributed by atoms with Crippen LogP contribution in [-0.2, 0) is 9.84 Å². The van der Waals surface area contributed by atoms with Crippen LogP contribution in [0.25, 0.3) is 0 Å². The first-order valence-electron chi connectivity index (χ1n) is 5.19. The smallest absolute Gasteiger partial charge is 0.156 e. The molecule has 0 amide bonds. The SMILES string of the molecule is Cc1ccc(F)cc1OC1CS(=O)(=O)CC1O. The molecule has 1 saturated heterocycles. The summed E-state index contributed by atoms with van der Waals surface area (Å²) in [6, 6.07) is 4.03. The van der Waals surface area contributed by atoms with Crippen molar-refractivity contribution < 1.29 is 22.7 Å². The second kappa shape index (κ2) is 4.27. The lowest BCUT2D eigenvalue weighted by Gasteiger charge is -2.17. The molecule has 4 nitrogen and oxygen atoms in total. The van der Waals surface area contributed by atoms with Gasteiger partial charge in [-0.15, -0.1) is 0 Å². The second-order valence-corrected chi connectivity index (χ2v) is 6.36. The number of halogens is 1. The lowest BCUT2D eigenvalue weighted by molar-refractivity contribution is 0.0731. The molecule has 2 unspecified atom stereocenters. The molecule has 0 saturated carbocycles. The van der Waals surface area contributed by atoms with E-state index < -0.39 is 27.9 Å². The van der Waals surface area contributed by atoms with E-state index in [1.165, 1.54) is 12.1 Å². The van der Waals surface area contributed by atoms with Crippen LogP contribution in [0.5, 0.6) is 5.75 Å². The van der Waals surface area contributed by atoms with Crippen molar-refractivity contribution in [2.45, 2.75) is 19.1 Å². The molecule has 0 bridgehead atoms. The van der Waals surface area contributed by atoms with E-state index in [-0.39, 0.29) is 17.3 Å². The Morgan fingerprint density at radius 2 is 2.12 bits per heavy atom. The van der Waals surface area contributed by atoms with E-state index in [0.29, 0.717) is 5.56 Å². The summed E-state index contributed by atoms with van der Waals surface area (Å²) in [5.41, 5.74) is 0.697. The van der Waals surface area contributed by atoms with Crippen molar-refractivity contribution in [3.63, 3.8) is 0 Å². The Bertz CT molecular complexity index is 526. The molecular weight excluding hydrogens is 247 g/mol. The summed E-state index contributed by atoms with van der Waals surface area (Å²) in [5.74, 6) is -0.719. The number of hydrogen-bond donors (Lipinski definition) is 1. The van der Waals surface area contributed by atoms with Crippen LogP contribution in [0.2, 0.25) is 0 Å². The van der Waals surface area contributed by atoms with Gasteiger partial charge in [0, 0.05) is 6.07 Å². The maximum Gasteiger partial charge on any atom is 0.156 e. The van der Waals surface area contributed by atoms with Gasteiger partial charge in [-0.3, -0.25) is 0 Å². The average Bonchev–Trinajstić information content (AvgIpc) is 2.46. The molecule has 94 valence electrons. The van der Waals surface area contributed by atoms with Crippen LogP contribution in [0.15, 0.2) is 18.2 Å². The van der Waals surface area contributed by atoms with E-state index in [2.05, 4.69) is 0 Å². The zero-order valence-electron chi connectivity index (χ0n) is 9.26. The van der Waals surface area contributed by atoms with Gasteiger partial charge in [0.25, 0.3) is 0 Å². The number of aliphatic hydroxyl groups is 1. The fourth-order valence-electron chi connectivity index (χ4n) is 1.77. The largest absolute Gasteiger partial charge is 0.486 e. The van der Waals surface area contributed by atoms with E-state index in [9.17, 15) is 17.9 Å². The van der Waals surface area contributed by atoms with Gasteiger partial charge in [0.05, 0.1) is 11.5 Å². The maximum atomic E-state index is 13.0. The van der Waals surface area contributed by atoms with Gasteiger partial charge in [-0.1, -0.05) is 6.07 Å². The molecular formula is C11H13FO4S. The first-order chi connectivity index (χ1) is 7.87. The Labute approximate surface area is 98.9 Å². The molecule has 2 atom stereocenters. The van der Waals surface area contributed by atoms with E-state index >= 15 is 0 Å². The van der Waals surface area contributed by atoms with E-state index in [1.807, 2.05) is 0 Å². The molecule has 1 aliphatic rings. The van der Waals surface area contributed by atoms with Gasteiger partial charge in [-0.05, 0) is 18.6 Å². The third kappa shape index (κ3) is 2.76. The Kier molecular flexibility index (Phi) is 3.09. The van der Waals surface area contributed by atoms with Gasteiger partial charge in [-0.25, -0.2) is 12.8 Å². The van der Waals surface area contributed by atoms with Crippen LogP contribution in [0.4, 0.5) is 4.39 Å². The van der Waals surface area contributed by atoms with Crippen molar-refractivity contribution in [3.8, 4) is 5.75 Å². The highest BCUT2D eigenvalue weighted by Crippen LogP contribution is 2.24. The highest BCUT2D eigenvalue weighted by atomic mass is 32.2. The summed E-state index contributed by atoms with van der Waals surface area (Å²) in [6.45, 7) is 1.73. The van der Waals surface area contributed by atoms with Crippen molar-refractivity contribution in [2.24, 2.45) is 0 Å². The Hall–Kier alpha value is -1.14. The van der Waals surface area contributed by atoms with Crippen LogP contribution in [0.3, 0.4) is 0 Å². The van der Waals surface area contributed by atoms with Crippen LogP contribution in [-0.4, -0.2) is 37.2 Å². The van der Waals surface area contributed by atoms with Gasteiger partial charge in [0.2, 0.25) is 0 Å². The minimum Gasteiger partial charge on any atom is -0.486 e. The highest BCUT2D eigenvalue weighted by molar-refractivity contribution is 7.91. The first kappa shape index (κ1) is 12.3. The average molecular weight is 260 g/mol. The molecule has 1 N–H and O–H groups in total. The summed E-state index contributed by atoms with van der Waals surface area (Å²) in [4.78, 5) is 0. The zero-order chi connectivity index (χ0) is 12.6. The third-order valence-electron chi connectivity index (χ3n) is 2.70. The van der Waals surface area contributed by atoms with Crippen molar-refractivity contribution in [1.82, 2.24) is 0 Å². The fraction of sp³-hybridized carbons (Fsp3) is 0.455. The topological polar surface area (TPSA) is 63.6 Å². The Balaban J connectivity index is 2.19. The highest BCUT2D eigenvalue weighted by Gasteiger charge is 2.38. The maximum absolute atomic E-state index is 13.0. The summed E-state index contributed by atoms with van der Waals surface area (Å²) < 4.78 is 40.9. The lowest BCUT2D eigenvalue weighted by atomic mass is 10.2. The molecule has 1 aliphatic heterocycles. The van der Waals surface area contributed by atoms with E-state index in [4.69, 9.17) is 4.74 Å². The second-order valence-electron chi connectivity index (χ2n) is 4.21.